The molecule has 0 unspecified atom stereocenters. The first-order valence-corrected chi connectivity index (χ1v) is 7.62. The van der Waals surface area contributed by atoms with Crippen LogP contribution in [0, 0.1) is 24.0 Å². The molecule has 2 rings (SSSR count). The highest BCUT2D eigenvalue weighted by Crippen LogP contribution is 2.19. The Kier molecular flexibility index (Phi) is 5.49. The molecule has 0 bridgehead atoms. The number of hydrogen-bond donors (Lipinski definition) is 2. The van der Waals surface area contributed by atoms with Gasteiger partial charge in [0.05, 0.1) is 4.92 Å². The first-order chi connectivity index (χ1) is 11.8. The van der Waals surface area contributed by atoms with Gasteiger partial charge in [-0.05, 0) is 26.0 Å². The number of carboxylic acids is 1. The molecule has 2 aromatic rings. The normalized spacial score (nSPS) is 11.6. The summed E-state index contributed by atoms with van der Waals surface area (Å²) in [5.41, 5.74) is 2.20. The molecule has 0 fully saturated rings. The van der Waals surface area contributed by atoms with Crippen molar-refractivity contribution in [2.45, 2.75) is 26.3 Å². The Morgan fingerprint density at radius 1 is 1.16 bits per heavy atom. The molecule has 1 amide bonds. The molecule has 2 aromatic carbocycles. The van der Waals surface area contributed by atoms with Crippen molar-refractivity contribution in [2.24, 2.45) is 0 Å². The van der Waals surface area contributed by atoms with Gasteiger partial charge in [-0.2, -0.15) is 0 Å². The van der Waals surface area contributed by atoms with Gasteiger partial charge in [0.25, 0.3) is 11.6 Å². The van der Waals surface area contributed by atoms with E-state index in [-0.39, 0.29) is 17.7 Å². The maximum Gasteiger partial charge on any atom is 0.326 e. The fourth-order valence-electron chi connectivity index (χ4n) is 2.63. The summed E-state index contributed by atoms with van der Waals surface area (Å²) >= 11 is 0. The van der Waals surface area contributed by atoms with E-state index in [0.717, 1.165) is 11.1 Å². The highest BCUT2D eigenvalue weighted by atomic mass is 16.6. The van der Waals surface area contributed by atoms with E-state index < -0.39 is 22.8 Å². The Morgan fingerprint density at radius 2 is 1.76 bits per heavy atom. The van der Waals surface area contributed by atoms with Crippen molar-refractivity contribution in [3.63, 3.8) is 0 Å². The number of hydrogen-bond acceptors (Lipinski definition) is 4. The fraction of sp³-hybridized carbons (Fsp3) is 0.222. The van der Waals surface area contributed by atoms with Crippen LogP contribution in [0.2, 0.25) is 0 Å². The number of rotatable bonds is 6. The summed E-state index contributed by atoms with van der Waals surface area (Å²) in [5.74, 6) is -1.78. The molecule has 0 aliphatic rings. The summed E-state index contributed by atoms with van der Waals surface area (Å²) in [6.07, 6.45) is -0.178. The minimum absolute atomic E-state index is 0.172. The number of nitrogens with one attached hydrogen (secondary N) is 1. The molecule has 0 radical (unpaired) electrons. The maximum atomic E-state index is 12.4. The number of carbonyl (C=O) groups excluding carboxylic acids is 1. The predicted molar refractivity (Wildman–Crippen MR) is 91.6 cm³/mol. The zero-order chi connectivity index (χ0) is 18.6. The van der Waals surface area contributed by atoms with Crippen molar-refractivity contribution >= 4 is 17.6 Å². The molecular formula is C18H18N2O5. The lowest BCUT2D eigenvalue weighted by atomic mass is 10.0. The minimum Gasteiger partial charge on any atom is -0.480 e. The van der Waals surface area contributed by atoms with Crippen molar-refractivity contribution < 1.29 is 19.6 Å². The van der Waals surface area contributed by atoms with Crippen molar-refractivity contribution in [1.82, 2.24) is 5.32 Å². The predicted octanol–water partition coefficient (Wildman–Crippen LogP) is 2.64. The lowest BCUT2D eigenvalue weighted by molar-refractivity contribution is -0.385. The van der Waals surface area contributed by atoms with Gasteiger partial charge in [-0.1, -0.05) is 35.4 Å². The minimum atomic E-state index is -1.27. The van der Waals surface area contributed by atoms with Crippen LogP contribution < -0.4 is 5.32 Å². The smallest absolute Gasteiger partial charge is 0.326 e. The number of aryl methyl sites for hydroxylation is 2. The highest BCUT2D eigenvalue weighted by Gasteiger charge is 2.25. The number of nitro groups is 1. The average Bonchev–Trinajstić information content (AvgIpc) is 2.53. The fourth-order valence-corrected chi connectivity index (χ4v) is 2.63. The third-order valence-electron chi connectivity index (χ3n) is 3.70. The quantitative estimate of drug-likeness (QED) is 0.619. The van der Waals surface area contributed by atoms with E-state index in [1.165, 1.54) is 18.2 Å². The van der Waals surface area contributed by atoms with E-state index in [0.29, 0.717) is 5.56 Å². The Balaban J connectivity index is 2.23. The summed E-state index contributed by atoms with van der Waals surface area (Å²) in [4.78, 5) is 34.4. The lowest BCUT2D eigenvalue weighted by Gasteiger charge is -2.15. The topological polar surface area (TPSA) is 110 Å². The van der Waals surface area contributed by atoms with E-state index in [1.807, 2.05) is 19.9 Å². The standard InChI is InChI=1S/C18H18N2O5/c1-11-7-12(2)9-14(8-11)17(21)19-15(18(22)23)10-13-5-3-4-6-16(13)20(24)25/h3-9,15H,10H2,1-2H3,(H,19,21)(H,22,23)/t15-/m0/s1. The number of benzene rings is 2. The van der Waals surface area contributed by atoms with E-state index in [2.05, 4.69) is 5.32 Å². The molecule has 7 nitrogen and oxygen atoms in total. The number of amides is 1. The van der Waals surface area contributed by atoms with Gasteiger partial charge in [0, 0.05) is 23.6 Å². The summed E-state index contributed by atoms with van der Waals surface area (Å²) in [6, 6.07) is 9.83. The van der Waals surface area contributed by atoms with E-state index >= 15 is 0 Å². The van der Waals surface area contributed by atoms with E-state index in [9.17, 15) is 24.8 Å². The second-order valence-corrected chi connectivity index (χ2v) is 5.83. The molecule has 2 N–H and O–H groups in total. The number of nitrogens with zero attached hydrogens (tertiary/aromatic N) is 1. The van der Waals surface area contributed by atoms with Gasteiger partial charge >= 0.3 is 5.97 Å². The summed E-state index contributed by atoms with van der Waals surface area (Å²) < 4.78 is 0. The van der Waals surface area contributed by atoms with Crippen molar-refractivity contribution in [1.29, 1.82) is 0 Å². The summed E-state index contributed by atoms with van der Waals surface area (Å²) in [6.45, 7) is 3.68. The molecule has 0 spiro atoms. The molecule has 0 aliphatic heterocycles. The van der Waals surface area contributed by atoms with Crippen molar-refractivity contribution in [3.8, 4) is 0 Å². The van der Waals surface area contributed by atoms with Gasteiger partial charge in [-0.3, -0.25) is 14.9 Å². The SMILES string of the molecule is Cc1cc(C)cc(C(=O)N[C@@H](Cc2ccccc2[N+](=O)[O-])C(=O)O)c1. The van der Waals surface area contributed by atoms with Gasteiger partial charge < -0.3 is 10.4 Å². The Hall–Kier alpha value is -3.22. The Morgan fingerprint density at radius 3 is 2.32 bits per heavy atom. The monoisotopic (exact) mass is 342 g/mol. The largest absolute Gasteiger partial charge is 0.480 e. The molecule has 1 atom stereocenters. The number of nitro benzene ring substituents is 1. The number of aliphatic carboxylic acids is 1. The van der Waals surface area contributed by atoms with Crippen LogP contribution in [0.25, 0.3) is 0 Å². The van der Waals surface area contributed by atoms with Crippen LogP contribution in [-0.4, -0.2) is 27.9 Å². The second-order valence-electron chi connectivity index (χ2n) is 5.83. The van der Waals surface area contributed by atoms with Gasteiger partial charge in [0.1, 0.15) is 6.04 Å². The van der Waals surface area contributed by atoms with Gasteiger partial charge in [0.15, 0.2) is 0 Å². The number of carboxylic acid groups (broad SMARTS) is 1. The van der Waals surface area contributed by atoms with Crippen LogP contribution in [0.1, 0.15) is 27.0 Å². The number of carbonyl (C=O) groups is 2. The Bertz CT molecular complexity index is 812. The van der Waals surface area contributed by atoms with Gasteiger partial charge in [-0.15, -0.1) is 0 Å². The molecule has 0 aromatic heterocycles. The van der Waals surface area contributed by atoms with E-state index in [4.69, 9.17) is 0 Å². The van der Waals surface area contributed by atoms with Crippen LogP contribution in [0.3, 0.4) is 0 Å². The van der Waals surface area contributed by atoms with Crippen LogP contribution in [0.4, 0.5) is 5.69 Å². The van der Waals surface area contributed by atoms with Crippen molar-refractivity contribution in [3.05, 3.63) is 74.8 Å². The molecule has 7 heteroatoms. The van der Waals surface area contributed by atoms with Crippen LogP contribution >= 0.6 is 0 Å². The third kappa shape index (κ3) is 4.63. The van der Waals surface area contributed by atoms with Gasteiger partial charge in [0.2, 0.25) is 0 Å². The van der Waals surface area contributed by atoms with Crippen LogP contribution in [-0.2, 0) is 11.2 Å². The van der Waals surface area contributed by atoms with Crippen molar-refractivity contribution in [2.75, 3.05) is 0 Å². The zero-order valence-corrected chi connectivity index (χ0v) is 13.9. The highest BCUT2D eigenvalue weighted by molar-refractivity contribution is 5.97. The molecule has 130 valence electrons. The van der Waals surface area contributed by atoms with Crippen LogP contribution in [0.15, 0.2) is 42.5 Å². The maximum absolute atomic E-state index is 12.4. The molecular weight excluding hydrogens is 324 g/mol. The lowest BCUT2D eigenvalue weighted by Crippen LogP contribution is -2.42. The van der Waals surface area contributed by atoms with Crippen LogP contribution in [0.5, 0.6) is 0 Å². The van der Waals surface area contributed by atoms with Gasteiger partial charge in [-0.25, -0.2) is 4.79 Å². The molecule has 25 heavy (non-hydrogen) atoms. The van der Waals surface area contributed by atoms with E-state index in [1.54, 1.807) is 18.2 Å². The summed E-state index contributed by atoms with van der Waals surface area (Å²) in [7, 11) is 0. The second kappa shape index (κ2) is 7.57. The Labute approximate surface area is 144 Å². The molecule has 0 saturated heterocycles. The third-order valence-corrected chi connectivity index (χ3v) is 3.70. The summed E-state index contributed by atoms with van der Waals surface area (Å²) in [5, 5.41) is 22.9. The first kappa shape index (κ1) is 18.1. The zero-order valence-electron chi connectivity index (χ0n) is 13.9. The molecule has 0 aliphatic carbocycles. The molecule has 0 saturated carbocycles. The number of para-hydroxylation sites is 1. The first-order valence-electron chi connectivity index (χ1n) is 7.62. The average molecular weight is 342 g/mol. The molecule has 0 heterocycles.